The third-order valence-corrected chi connectivity index (χ3v) is 5.56. The lowest BCUT2D eigenvalue weighted by Crippen LogP contribution is -2.44. The van der Waals surface area contributed by atoms with Crippen LogP contribution in [0.1, 0.15) is 25.7 Å². The third-order valence-electron chi connectivity index (χ3n) is 5.56. The van der Waals surface area contributed by atoms with Gasteiger partial charge in [-0.25, -0.2) is 9.78 Å². The topological polar surface area (TPSA) is 115 Å². The Balaban J connectivity index is 0.00000228. The molecular weight excluding hydrogens is 430 g/mol. The zero-order valence-corrected chi connectivity index (χ0v) is 19.1. The van der Waals surface area contributed by atoms with Gasteiger partial charge in [0.05, 0.1) is 31.1 Å². The van der Waals surface area contributed by atoms with Crippen molar-refractivity contribution in [1.29, 1.82) is 5.41 Å². The number of pyridine rings is 2. The van der Waals surface area contributed by atoms with E-state index in [1.54, 1.807) is 18.5 Å². The van der Waals surface area contributed by atoms with Crippen LogP contribution in [0.15, 0.2) is 60.9 Å². The van der Waals surface area contributed by atoms with Crippen LogP contribution in [-0.4, -0.2) is 60.0 Å². The number of amides is 2. The molecule has 1 aliphatic heterocycles. The van der Waals surface area contributed by atoms with Crippen molar-refractivity contribution in [3.63, 3.8) is 0 Å². The van der Waals surface area contributed by atoms with Crippen LogP contribution < -0.4 is 16.0 Å². The molecule has 0 unspecified atom stereocenters. The van der Waals surface area contributed by atoms with Crippen molar-refractivity contribution in [2.24, 2.45) is 0 Å². The average Bonchev–Trinajstić information content (AvgIpc) is 2.86. The Morgan fingerprint density at radius 2 is 2.00 bits per heavy atom. The lowest BCUT2D eigenvalue weighted by atomic mass is 10.1. The highest BCUT2D eigenvalue weighted by Crippen LogP contribution is 2.22. The number of benzene rings is 1. The molecule has 34 heavy (non-hydrogen) atoms. The van der Waals surface area contributed by atoms with Gasteiger partial charge < -0.3 is 20.8 Å². The van der Waals surface area contributed by atoms with Gasteiger partial charge >= 0.3 is 6.03 Å². The molecule has 0 spiro atoms. The minimum Gasteiger partial charge on any atom is -0.379 e. The zero-order valence-electron chi connectivity index (χ0n) is 19.1. The number of aryl methyl sites for hydroxylation is 1. The highest BCUT2D eigenvalue weighted by atomic mass is 16.5. The number of anilines is 3. The summed E-state index contributed by atoms with van der Waals surface area (Å²) in [7, 11) is 0. The molecule has 3 aromatic rings. The standard InChI is InChI=1S/C25H29N7O2.2H2/c1-18-13-21(7-8-27-18)29-22-16-28-24(14-20(22)15-26)31-25(33)30-23(19-5-3-2-4-6-19)17-32-9-11-34-12-10-32;;/h2-8,13-16,23,26H,9-12,17H2,1H3,(H,27,29)(H2,28,30,31,33);2*1H/t23-;;/m1../s1. The molecule has 4 N–H and O–H groups in total. The van der Waals surface area contributed by atoms with Gasteiger partial charge in [-0.3, -0.25) is 15.2 Å². The molecule has 4 rings (SSSR count). The molecule has 1 fully saturated rings. The number of rotatable bonds is 8. The number of hydrogen-bond acceptors (Lipinski definition) is 7. The molecule has 1 aromatic carbocycles. The van der Waals surface area contributed by atoms with Gasteiger partial charge in [0.1, 0.15) is 5.82 Å². The van der Waals surface area contributed by atoms with Gasteiger partial charge in [0.15, 0.2) is 0 Å². The van der Waals surface area contributed by atoms with E-state index in [1.807, 2.05) is 49.4 Å². The Kier molecular flexibility index (Phi) is 7.79. The van der Waals surface area contributed by atoms with E-state index in [2.05, 4.69) is 30.8 Å². The Labute approximate surface area is 202 Å². The maximum absolute atomic E-state index is 12.9. The van der Waals surface area contributed by atoms with Gasteiger partial charge in [-0.05, 0) is 30.7 Å². The first-order valence-corrected chi connectivity index (χ1v) is 11.2. The number of aromatic nitrogens is 2. The summed E-state index contributed by atoms with van der Waals surface area (Å²) < 4.78 is 5.45. The fourth-order valence-electron chi connectivity index (χ4n) is 3.81. The van der Waals surface area contributed by atoms with Crippen LogP contribution in [0.2, 0.25) is 0 Å². The van der Waals surface area contributed by atoms with E-state index in [9.17, 15) is 4.79 Å². The summed E-state index contributed by atoms with van der Waals surface area (Å²) in [4.78, 5) is 23.7. The highest BCUT2D eigenvalue weighted by Gasteiger charge is 2.20. The molecule has 1 aliphatic rings. The van der Waals surface area contributed by atoms with E-state index in [1.165, 1.54) is 6.21 Å². The number of carbonyl (C=O) groups is 1. The van der Waals surface area contributed by atoms with Crippen LogP contribution in [-0.2, 0) is 4.74 Å². The first-order chi connectivity index (χ1) is 16.6. The third kappa shape index (κ3) is 6.37. The van der Waals surface area contributed by atoms with E-state index in [-0.39, 0.29) is 14.9 Å². The van der Waals surface area contributed by atoms with Crippen LogP contribution in [0.4, 0.5) is 22.0 Å². The predicted octanol–water partition coefficient (Wildman–Crippen LogP) is 4.21. The summed E-state index contributed by atoms with van der Waals surface area (Å²) >= 11 is 0. The Morgan fingerprint density at radius 3 is 2.74 bits per heavy atom. The van der Waals surface area contributed by atoms with E-state index < -0.39 is 0 Å². The minimum atomic E-state index is -0.351. The summed E-state index contributed by atoms with van der Waals surface area (Å²) in [6, 6.07) is 14.8. The molecular formula is C25H33N7O2. The maximum atomic E-state index is 12.9. The van der Waals surface area contributed by atoms with Gasteiger partial charge in [0.25, 0.3) is 0 Å². The van der Waals surface area contributed by atoms with Crippen LogP contribution in [0, 0.1) is 12.3 Å². The molecule has 2 amide bonds. The first-order valence-electron chi connectivity index (χ1n) is 11.2. The van der Waals surface area contributed by atoms with Crippen LogP contribution in [0.3, 0.4) is 0 Å². The maximum Gasteiger partial charge on any atom is 0.320 e. The van der Waals surface area contributed by atoms with Crippen LogP contribution in [0.5, 0.6) is 0 Å². The Hall–Kier alpha value is -3.82. The van der Waals surface area contributed by atoms with Crippen LogP contribution in [0.25, 0.3) is 0 Å². The van der Waals surface area contributed by atoms with E-state index in [4.69, 9.17) is 10.1 Å². The second kappa shape index (κ2) is 11.4. The summed E-state index contributed by atoms with van der Waals surface area (Å²) in [6.45, 7) is 5.67. The summed E-state index contributed by atoms with van der Waals surface area (Å²) in [5.74, 6) is 0.366. The summed E-state index contributed by atoms with van der Waals surface area (Å²) in [5, 5.41) is 16.9. The number of urea groups is 1. The van der Waals surface area contributed by atoms with Crippen molar-refractivity contribution in [3.05, 3.63) is 77.7 Å². The van der Waals surface area contributed by atoms with Crippen molar-refractivity contribution < 1.29 is 12.4 Å². The fourth-order valence-corrected chi connectivity index (χ4v) is 3.81. The Morgan fingerprint density at radius 1 is 1.21 bits per heavy atom. The molecule has 3 heterocycles. The predicted molar refractivity (Wildman–Crippen MR) is 137 cm³/mol. The van der Waals surface area contributed by atoms with Gasteiger partial charge in [-0.1, -0.05) is 30.3 Å². The SMILES string of the molecule is Cc1cc(Nc2cnc(NC(=O)N[C@H](CN3CCOCC3)c3ccccc3)cc2C=N)ccn1.[HH].[HH]. The molecule has 180 valence electrons. The molecule has 0 aliphatic carbocycles. The van der Waals surface area contributed by atoms with E-state index >= 15 is 0 Å². The molecule has 0 radical (unpaired) electrons. The second-order valence-electron chi connectivity index (χ2n) is 8.09. The molecule has 0 saturated carbocycles. The smallest absolute Gasteiger partial charge is 0.320 e. The van der Waals surface area contributed by atoms with E-state index in [0.717, 1.165) is 30.0 Å². The van der Waals surface area contributed by atoms with Gasteiger partial charge in [0, 0.05) is 51.8 Å². The zero-order chi connectivity index (χ0) is 23.8. The largest absolute Gasteiger partial charge is 0.379 e. The van der Waals surface area contributed by atoms with Crippen molar-refractivity contribution in [3.8, 4) is 0 Å². The average molecular weight is 464 g/mol. The van der Waals surface area contributed by atoms with Gasteiger partial charge in [-0.2, -0.15) is 0 Å². The second-order valence-corrected chi connectivity index (χ2v) is 8.09. The molecule has 9 heteroatoms. The normalized spacial score (nSPS) is 14.7. The Bertz CT molecular complexity index is 1130. The van der Waals surface area contributed by atoms with Gasteiger partial charge in [-0.15, -0.1) is 0 Å². The fraction of sp³-hybridized carbons (Fsp3) is 0.280. The number of hydrogen-bond donors (Lipinski definition) is 4. The highest BCUT2D eigenvalue weighted by molar-refractivity contribution is 5.92. The lowest BCUT2D eigenvalue weighted by molar-refractivity contribution is 0.0340. The number of nitrogens with one attached hydrogen (secondary N) is 4. The first kappa shape index (κ1) is 23.3. The van der Waals surface area contributed by atoms with Crippen molar-refractivity contribution >= 4 is 29.4 Å². The quantitative estimate of drug-likeness (QED) is 0.372. The molecule has 2 aromatic heterocycles. The number of morpholine rings is 1. The summed E-state index contributed by atoms with van der Waals surface area (Å²) in [5.41, 5.74) is 4.04. The van der Waals surface area contributed by atoms with Crippen molar-refractivity contribution in [2.75, 3.05) is 43.5 Å². The monoisotopic (exact) mass is 463 g/mol. The summed E-state index contributed by atoms with van der Waals surface area (Å²) in [6.07, 6.45) is 4.55. The van der Waals surface area contributed by atoms with Crippen molar-refractivity contribution in [1.82, 2.24) is 20.2 Å². The number of nitrogens with zero attached hydrogens (tertiary/aromatic N) is 3. The van der Waals surface area contributed by atoms with E-state index in [0.29, 0.717) is 36.8 Å². The number of carbonyl (C=O) groups excluding carboxylic acids is 1. The minimum absolute atomic E-state index is 0. The molecule has 9 nitrogen and oxygen atoms in total. The van der Waals surface area contributed by atoms with Gasteiger partial charge in [0.2, 0.25) is 0 Å². The molecule has 0 bridgehead atoms. The molecule has 1 atom stereocenters. The lowest BCUT2D eigenvalue weighted by Gasteiger charge is -2.31. The number of ether oxygens (including phenoxy) is 1. The van der Waals surface area contributed by atoms with Crippen LogP contribution >= 0.6 is 0 Å². The van der Waals surface area contributed by atoms with Crippen molar-refractivity contribution in [2.45, 2.75) is 13.0 Å². The molecule has 1 saturated heterocycles.